The van der Waals surface area contributed by atoms with Crippen LogP contribution >= 0.6 is 0 Å². The van der Waals surface area contributed by atoms with E-state index in [-0.39, 0.29) is 6.04 Å². The second-order valence-corrected chi connectivity index (χ2v) is 3.81. The Kier molecular flexibility index (Phi) is 2.54. The molecule has 1 aliphatic rings. The Morgan fingerprint density at radius 1 is 1.38 bits per heavy atom. The van der Waals surface area contributed by atoms with Gasteiger partial charge in [0.1, 0.15) is 6.33 Å². The number of hydrogen-bond donors (Lipinski definition) is 1. The van der Waals surface area contributed by atoms with Crippen molar-refractivity contribution in [2.45, 2.75) is 31.7 Å². The fourth-order valence-electron chi connectivity index (χ4n) is 1.73. The molecule has 0 bridgehead atoms. The molecule has 1 unspecified atom stereocenters. The molecule has 70 valence electrons. The number of aromatic nitrogens is 2. The van der Waals surface area contributed by atoms with Gasteiger partial charge in [-0.05, 0) is 12.3 Å². The second kappa shape index (κ2) is 3.83. The van der Waals surface area contributed by atoms with Crippen LogP contribution in [-0.4, -0.2) is 9.97 Å². The van der Waals surface area contributed by atoms with E-state index in [0.29, 0.717) is 0 Å². The van der Waals surface area contributed by atoms with Crippen LogP contribution < -0.4 is 5.73 Å². The molecule has 0 saturated heterocycles. The lowest BCUT2D eigenvalue weighted by Crippen LogP contribution is -2.20. The Balaban J connectivity index is 1.92. The molecule has 0 amide bonds. The highest BCUT2D eigenvalue weighted by Gasteiger charge is 2.20. The molecule has 2 rings (SSSR count). The van der Waals surface area contributed by atoms with Crippen molar-refractivity contribution in [1.29, 1.82) is 0 Å². The van der Waals surface area contributed by atoms with E-state index in [2.05, 4.69) is 9.97 Å². The van der Waals surface area contributed by atoms with Gasteiger partial charge in [0.25, 0.3) is 0 Å². The molecule has 1 aromatic heterocycles. The summed E-state index contributed by atoms with van der Waals surface area (Å²) < 4.78 is 0. The molecule has 0 spiro atoms. The van der Waals surface area contributed by atoms with E-state index in [9.17, 15) is 0 Å². The van der Waals surface area contributed by atoms with E-state index in [1.165, 1.54) is 19.3 Å². The molecule has 1 aliphatic carbocycles. The van der Waals surface area contributed by atoms with E-state index in [4.69, 9.17) is 5.73 Å². The lowest BCUT2D eigenvalue weighted by atomic mass is 9.80. The first-order valence-corrected chi connectivity index (χ1v) is 4.87. The minimum Gasteiger partial charge on any atom is -0.324 e. The molecule has 0 aromatic carbocycles. The standard InChI is InChI=1S/C10H15N3/c11-10(4-8-2-1-3-8)9-5-12-7-13-6-9/h5-8,10H,1-4,11H2. The third-order valence-corrected chi connectivity index (χ3v) is 2.82. The molecular weight excluding hydrogens is 162 g/mol. The van der Waals surface area contributed by atoms with Crippen LogP contribution in [0.1, 0.15) is 37.3 Å². The normalized spacial score (nSPS) is 19.5. The first kappa shape index (κ1) is 8.63. The molecule has 3 heteroatoms. The summed E-state index contributed by atoms with van der Waals surface area (Å²) in [6.07, 6.45) is 10.3. The number of nitrogens with two attached hydrogens (primary N) is 1. The van der Waals surface area contributed by atoms with Crippen LogP contribution in [0.3, 0.4) is 0 Å². The minimum atomic E-state index is 0.131. The van der Waals surface area contributed by atoms with Crippen molar-refractivity contribution in [2.24, 2.45) is 11.7 Å². The van der Waals surface area contributed by atoms with Crippen LogP contribution in [0.25, 0.3) is 0 Å². The SMILES string of the molecule is NC(CC1CCC1)c1cncnc1. The van der Waals surface area contributed by atoms with Gasteiger partial charge in [-0.3, -0.25) is 0 Å². The van der Waals surface area contributed by atoms with Gasteiger partial charge < -0.3 is 5.73 Å². The first-order chi connectivity index (χ1) is 6.36. The van der Waals surface area contributed by atoms with E-state index >= 15 is 0 Å². The summed E-state index contributed by atoms with van der Waals surface area (Å²) in [7, 11) is 0. The number of rotatable bonds is 3. The average Bonchev–Trinajstić information content (AvgIpc) is 2.12. The van der Waals surface area contributed by atoms with Crippen molar-refractivity contribution in [3.05, 3.63) is 24.3 Å². The van der Waals surface area contributed by atoms with Crippen molar-refractivity contribution in [2.75, 3.05) is 0 Å². The lowest BCUT2D eigenvalue weighted by Gasteiger charge is -2.27. The monoisotopic (exact) mass is 177 g/mol. The van der Waals surface area contributed by atoms with Gasteiger partial charge in [-0.1, -0.05) is 19.3 Å². The smallest absolute Gasteiger partial charge is 0.115 e. The molecule has 1 atom stereocenters. The Morgan fingerprint density at radius 3 is 2.62 bits per heavy atom. The third kappa shape index (κ3) is 2.04. The maximum Gasteiger partial charge on any atom is 0.115 e. The predicted molar refractivity (Wildman–Crippen MR) is 50.9 cm³/mol. The Labute approximate surface area is 78.4 Å². The fourth-order valence-corrected chi connectivity index (χ4v) is 1.73. The summed E-state index contributed by atoms with van der Waals surface area (Å²) >= 11 is 0. The van der Waals surface area contributed by atoms with Gasteiger partial charge in [-0.2, -0.15) is 0 Å². The Morgan fingerprint density at radius 2 is 2.08 bits per heavy atom. The zero-order chi connectivity index (χ0) is 9.10. The van der Waals surface area contributed by atoms with E-state index < -0.39 is 0 Å². The first-order valence-electron chi connectivity index (χ1n) is 4.87. The summed E-state index contributed by atoms with van der Waals surface area (Å²) in [5.74, 6) is 0.843. The fraction of sp³-hybridized carbons (Fsp3) is 0.600. The van der Waals surface area contributed by atoms with Crippen LogP contribution in [-0.2, 0) is 0 Å². The van der Waals surface area contributed by atoms with E-state index in [1.54, 1.807) is 6.33 Å². The highest BCUT2D eigenvalue weighted by molar-refractivity contribution is 5.08. The van der Waals surface area contributed by atoms with Crippen molar-refractivity contribution in [1.82, 2.24) is 9.97 Å². The molecule has 1 saturated carbocycles. The topological polar surface area (TPSA) is 51.8 Å². The van der Waals surface area contributed by atoms with Gasteiger partial charge >= 0.3 is 0 Å². The second-order valence-electron chi connectivity index (χ2n) is 3.81. The van der Waals surface area contributed by atoms with Crippen LogP contribution in [0.15, 0.2) is 18.7 Å². The molecule has 0 radical (unpaired) electrons. The van der Waals surface area contributed by atoms with Crippen LogP contribution in [0.2, 0.25) is 0 Å². The van der Waals surface area contributed by atoms with Crippen molar-refractivity contribution in [3.8, 4) is 0 Å². The summed E-state index contributed by atoms with van der Waals surface area (Å²) in [5, 5.41) is 0. The number of hydrogen-bond acceptors (Lipinski definition) is 3. The van der Waals surface area contributed by atoms with Crippen molar-refractivity contribution in [3.63, 3.8) is 0 Å². The van der Waals surface area contributed by atoms with Gasteiger partial charge in [-0.15, -0.1) is 0 Å². The summed E-state index contributed by atoms with van der Waals surface area (Å²) in [5.41, 5.74) is 7.09. The number of nitrogens with zero attached hydrogens (tertiary/aromatic N) is 2. The molecule has 1 fully saturated rings. The maximum atomic E-state index is 6.03. The van der Waals surface area contributed by atoms with Crippen LogP contribution in [0.4, 0.5) is 0 Å². The van der Waals surface area contributed by atoms with E-state index in [1.807, 2.05) is 12.4 Å². The summed E-state index contributed by atoms with van der Waals surface area (Å²) in [6.45, 7) is 0. The zero-order valence-electron chi connectivity index (χ0n) is 7.69. The van der Waals surface area contributed by atoms with Gasteiger partial charge in [0, 0.05) is 24.0 Å². The molecule has 1 heterocycles. The minimum absolute atomic E-state index is 0.131. The summed E-state index contributed by atoms with van der Waals surface area (Å²) in [6, 6.07) is 0.131. The van der Waals surface area contributed by atoms with Crippen LogP contribution in [0.5, 0.6) is 0 Å². The highest BCUT2D eigenvalue weighted by atomic mass is 14.8. The summed E-state index contributed by atoms with van der Waals surface area (Å²) in [4.78, 5) is 7.93. The zero-order valence-corrected chi connectivity index (χ0v) is 7.69. The molecule has 3 nitrogen and oxygen atoms in total. The predicted octanol–water partition coefficient (Wildman–Crippen LogP) is 1.67. The van der Waals surface area contributed by atoms with Crippen molar-refractivity contribution < 1.29 is 0 Å². The van der Waals surface area contributed by atoms with Gasteiger partial charge in [-0.25, -0.2) is 9.97 Å². The Hall–Kier alpha value is -0.960. The maximum absolute atomic E-state index is 6.03. The lowest BCUT2D eigenvalue weighted by molar-refractivity contribution is 0.277. The molecule has 1 aromatic rings. The quantitative estimate of drug-likeness (QED) is 0.764. The average molecular weight is 177 g/mol. The molecule has 2 N–H and O–H groups in total. The van der Waals surface area contributed by atoms with Crippen molar-refractivity contribution >= 4 is 0 Å². The largest absolute Gasteiger partial charge is 0.324 e. The van der Waals surface area contributed by atoms with Gasteiger partial charge in [0.2, 0.25) is 0 Å². The molecule has 13 heavy (non-hydrogen) atoms. The third-order valence-electron chi connectivity index (χ3n) is 2.82. The molecule has 0 aliphatic heterocycles. The van der Waals surface area contributed by atoms with Crippen LogP contribution in [0, 0.1) is 5.92 Å². The highest BCUT2D eigenvalue weighted by Crippen LogP contribution is 2.33. The molecular formula is C10H15N3. The van der Waals surface area contributed by atoms with E-state index in [0.717, 1.165) is 17.9 Å². The van der Waals surface area contributed by atoms with Gasteiger partial charge in [0.15, 0.2) is 0 Å². The van der Waals surface area contributed by atoms with Gasteiger partial charge in [0.05, 0.1) is 0 Å². The Bertz CT molecular complexity index is 256.